The Morgan fingerprint density at radius 1 is 1.19 bits per heavy atom. The molecule has 2 aliphatic heterocycles. The predicted octanol–water partition coefficient (Wildman–Crippen LogP) is 1.09. The van der Waals surface area contributed by atoms with Crippen LogP contribution in [0.1, 0.15) is 22.8 Å². The first-order valence-corrected chi connectivity index (χ1v) is 9.09. The highest BCUT2D eigenvalue weighted by atomic mass is 35.5. The summed E-state index contributed by atoms with van der Waals surface area (Å²) >= 11 is 0. The predicted molar refractivity (Wildman–Crippen MR) is 105 cm³/mol. The number of morpholine rings is 1. The third-order valence-corrected chi connectivity index (χ3v) is 5.12. The summed E-state index contributed by atoms with van der Waals surface area (Å²) in [6, 6.07) is 5.19. The fourth-order valence-electron chi connectivity index (χ4n) is 3.47. The van der Waals surface area contributed by atoms with Gasteiger partial charge in [0.05, 0.1) is 19.8 Å². The lowest BCUT2D eigenvalue weighted by molar-refractivity contribution is -0.140. The van der Waals surface area contributed by atoms with E-state index in [0.29, 0.717) is 50.6 Å². The molecule has 2 amide bonds. The molecular formula is C19H28ClN3O4. The Morgan fingerprint density at radius 3 is 2.48 bits per heavy atom. The van der Waals surface area contributed by atoms with Gasteiger partial charge >= 0.3 is 0 Å². The Labute approximate surface area is 166 Å². The van der Waals surface area contributed by atoms with Crippen molar-refractivity contribution in [1.29, 1.82) is 0 Å². The molecule has 0 unspecified atom stereocenters. The summed E-state index contributed by atoms with van der Waals surface area (Å²) < 4.78 is 10.9. The first-order chi connectivity index (χ1) is 12.5. The second kappa shape index (κ2) is 9.39. The second-order valence-corrected chi connectivity index (χ2v) is 6.81. The minimum absolute atomic E-state index is 0. The van der Waals surface area contributed by atoms with E-state index in [4.69, 9.17) is 9.47 Å². The average Bonchev–Trinajstić information content (AvgIpc) is 2.68. The van der Waals surface area contributed by atoms with Gasteiger partial charge in [-0.15, -0.1) is 12.4 Å². The highest BCUT2D eigenvalue weighted by Gasteiger charge is 2.34. The molecule has 3 rings (SSSR count). The van der Waals surface area contributed by atoms with Crippen LogP contribution in [0.5, 0.6) is 5.75 Å². The fourth-order valence-corrected chi connectivity index (χ4v) is 3.47. The quantitative estimate of drug-likeness (QED) is 0.826. The molecule has 0 radical (unpaired) electrons. The summed E-state index contributed by atoms with van der Waals surface area (Å²) in [5.74, 6) is 0.742. The molecule has 0 bridgehead atoms. The van der Waals surface area contributed by atoms with Crippen LogP contribution < -0.4 is 10.1 Å². The van der Waals surface area contributed by atoms with Gasteiger partial charge in [0.15, 0.2) is 0 Å². The Bertz CT molecular complexity index is 677. The Morgan fingerprint density at radius 2 is 1.85 bits per heavy atom. The maximum atomic E-state index is 12.7. The van der Waals surface area contributed by atoms with Crippen molar-refractivity contribution in [2.45, 2.75) is 26.0 Å². The number of methoxy groups -OCH3 is 1. The molecule has 8 heteroatoms. The highest BCUT2D eigenvalue weighted by molar-refractivity contribution is 5.95. The molecule has 2 atom stereocenters. The molecule has 150 valence electrons. The summed E-state index contributed by atoms with van der Waals surface area (Å²) in [5, 5.41) is 3.23. The third-order valence-electron chi connectivity index (χ3n) is 5.12. The van der Waals surface area contributed by atoms with Crippen LogP contribution in [0.3, 0.4) is 0 Å². The number of hydrogen-bond acceptors (Lipinski definition) is 5. The van der Waals surface area contributed by atoms with E-state index in [1.165, 1.54) is 0 Å². The standard InChI is InChI=1S/C19H27N3O4.ClH/c1-13-4-5-15(12-16(13)25-3)18(23)21-7-9-22(10-8-21)19(24)17-14(2)26-11-6-20-17;/h4-5,12,14,17,20H,6-11H2,1-3H3;1H/t14-,17+;/m1./s1. The molecular weight excluding hydrogens is 370 g/mol. The van der Waals surface area contributed by atoms with E-state index >= 15 is 0 Å². The number of halogens is 1. The molecule has 1 N–H and O–H groups in total. The number of carbonyl (C=O) groups is 2. The summed E-state index contributed by atoms with van der Waals surface area (Å²) in [6.45, 7) is 7.32. The topological polar surface area (TPSA) is 71.1 Å². The molecule has 0 saturated carbocycles. The zero-order valence-electron chi connectivity index (χ0n) is 16.1. The number of carbonyl (C=O) groups excluding carboxylic acids is 2. The zero-order chi connectivity index (χ0) is 18.7. The molecule has 1 aromatic rings. The van der Waals surface area contributed by atoms with Crippen molar-refractivity contribution in [3.05, 3.63) is 29.3 Å². The number of ether oxygens (including phenoxy) is 2. The van der Waals surface area contributed by atoms with Crippen LogP contribution in [0.2, 0.25) is 0 Å². The van der Waals surface area contributed by atoms with Gasteiger partial charge in [0, 0.05) is 38.3 Å². The molecule has 2 aliphatic rings. The van der Waals surface area contributed by atoms with E-state index in [0.717, 1.165) is 5.56 Å². The highest BCUT2D eigenvalue weighted by Crippen LogP contribution is 2.20. The monoisotopic (exact) mass is 397 g/mol. The minimum atomic E-state index is -0.299. The molecule has 0 spiro atoms. The SMILES string of the molecule is COc1cc(C(=O)N2CCN(C(=O)[C@H]3NCCO[C@@H]3C)CC2)ccc1C.Cl. The molecule has 0 aromatic heterocycles. The smallest absolute Gasteiger partial charge is 0.254 e. The Kier molecular flexibility index (Phi) is 7.47. The van der Waals surface area contributed by atoms with Crippen molar-refractivity contribution in [2.24, 2.45) is 0 Å². The van der Waals surface area contributed by atoms with Crippen molar-refractivity contribution in [2.75, 3.05) is 46.4 Å². The van der Waals surface area contributed by atoms with Gasteiger partial charge in [-0.1, -0.05) is 6.07 Å². The van der Waals surface area contributed by atoms with Crippen LogP contribution in [0.25, 0.3) is 0 Å². The van der Waals surface area contributed by atoms with Crippen LogP contribution in [-0.4, -0.2) is 80.2 Å². The van der Waals surface area contributed by atoms with Crippen LogP contribution in [0, 0.1) is 6.92 Å². The number of hydrogen-bond donors (Lipinski definition) is 1. The lowest BCUT2D eigenvalue weighted by Gasteiger charge is -2.38. The summed E-state index contributed by atoms with van der Waals surface area (Å²) in [4.78, 5) is 29.1. The Balaban J connectivity index is 0.00000261. The van der Waals surface area contributed by atoms with Crippen LogP contribution in [-0.2, 0) is 9.53 Å². The molecule has 0 aliphatic carbocycles. The molecule has 27 heavy (non-hydrogen) atoms. The number of amides is 2. The first-order valence-electron chi connectivity index (χ1n) is 9.09. The van der Waals surface area contributed by atoms with E-state index in [2.05, 4.69) is 5.32 Å². The number of piperazine rings is 1. The number of nitrogens with zero attached hydrogens (tertiary/aromatic N) is 2. The fraction of sp³-hybridized carbons (Fsp3) is 0.579. The number of benzene rings is 1. The minimum Gasteiger partial charge on any atom is -0.496 e. The maximum Gasteiger partial charge on any atom is 0.254 e. The Hall–Kier alpha value is -1.83. The lowest BCUT2D eigenvalue weighted by Crippen LogP contribution is -2.60. The van der Waals surface area contributed by atoms with Crippen LogP contribution >= 0.6 is 12.4 Å². The second-order valence-electron chi connectivity index (χ2n) is 6.81. The number of aryl methyl sites for hydroxylation is 1. The van der Waals surface area contributed by atoms with E-state index < -0.39 is 0 Å². The number of nitrogens with one attached hydrogen (secondary N) is 1. The lowest BCUT2D eigenvalue weighted by atomic mass is 10.1. The molecule has 1 aromatic carbocycles. The van der Waals surface area contributed by atoms with Crippen LogP contribution in [0.4, 0.5) is 0 Å². The van der Waals surface area contributed by atoms with Gasteiger partial charge < -0.3 is 24.6 Å². The van der Waals surface area contributed by atoms with Crippen molar-refractivity contribution >= 4 is 24.2 Å². The van der Waals surface area contributed by atoms with Gasteiger partial charge in [-0.05, 0) is 31.5 Å². The van der Waals surface area contributed by atoms with Gasteiger partial charge in [-0.3, -0.25) is 9.59 Å². The normalized spacial score (nSPS) is 22.8. The van der Waals surface area contributed by atoms with Crippen LogP contribution in [0.15, 0.2) is 18.2 Å². The van der Waals surface area contributed by atoms with Gasteiger partial charge in [-0.25, -0.2) is 0 Å². The summed E-state index contributed by atoms with van der Waals surface area (Å²) in [5.41, 5.74) is 1.61. The average molecular weight is 398 g/mol. The van der Waals surface area contributed by atoms with Crippen molar-refractivity contribution in [1.82, 2.24) is 15.1 Å². The van der Waals surface area contributed by atoms with Crippen molar-refractivity contribution in [3.8, 4) is 5.75 Å². The van der Waals surface area contributed by atoms with Crippen molar-refractivity contribution < 1.29 is 19.1 Å². The van der Waals surface area contributed by atoms with E-state index in [9.17, 15) is 9.59 Å². The van der Waals surface area contributed by atoms with E-state index in [1.807, 2.05) is 30.9 Å². The van der Waals surface area contributed by atoms with Gasteiger partial charge in [0.25, 0.3) is 5.91 Å². The molecule has 2 heterocycles. The molecule has 7 nitrogen and oxygen atoms in total. The van der Waals surface area contributed by atoms with Gasteiger partial charge in [-0.2, -0.15) is 0 Å². The number of rotatable bonds is 3. The third kappa shape index (κ3) is 4.72. The zero-order valence-corrected chi connectivity index (χ0v) is 16.9. The van der Waals surface area contributed by atoms with E-state index in [-0.39, 0.29) is 36.4 Å². The van der Waals surface area contributed by atoms with Gasteiger partial charge in [0.1, 0.15) is 11.8 Å². The molecule has 2 saturated heterocycles. The molecule has 2 fully saturated rings. The maximum absolute atomic E-state index is 12.7. The largest absolute Gasteiger partial charge is 0.496 e. The first kappa shape index (κ1) is 21.5. The summed E-state index contributed by atoms with van der Waals surface area (Å²) in [6.07, 6.45) is -0.129. The summed E-state index contributed by atoms with van der Waals surface area (Å²) in [7, 11) is 1.60. The van der Waals surface area contributed by atoms with Gasteiger partial charge in [0.2, 0.25) is 5.91 Å². The van der Waals surface area contributed by atoms with Crippen molar-refractivity contribution in [3.63, 3.8) is 0 Å². The van der Waals surface area contributed by atoms with E-state index in [1.54, 1.807) is 18.1 Å².